The molecule has 0 aromatic heterocycles. The van der Waals surface area contributed by atoms with Crippen LogP contribution >= 0.6 is 0 Å². The minimum atomic E-state index is -0.945. The van der Waals surface area contributed by atoms with Crippen molar-refractivity contribution in [2.75, 3.05) is 19.7 Å². The molecule has 2 aromatic rings. The first-order valence-electron chi connectivity index (χ1n) is 7.00. The minimum Gasteiger partial charge on any atom is -0.492 e. The van der Waals surface area contributed by atoms with Gasteiger partial charge in [-0.15, -0.1) is 0 Å². The third-order valence-corrected chi connectivity index (χ3v) is 3.00. The van der Waals surface area contributed by atoms with Crippen LogP contribution in [0.3, 0.4) is 0 Å². The smallest absolute Gasteiger partial charge is 0.314 e. The van der Waals surface area contributed by atoms with E-state index in [2.05, 4.69) is 10.6 Å². The third kappa shape index (κ3) is 4.97. The van der Waals surface area contributed by atoms with E-state index in [1.807, 2.05) is 42.5 Å². The summed E-state index contributed by atoms with van der Waals surface area (Å²) in [6.45, 7) is 0.781. The van der Waals surface area contributed by atoms with Crippen LogP contribution in [0.5, 0.6) is 5.75 Å². The van der Waals surface area contributed by atoms with Crippen LogP contribution in [-0.2, 0) is 4.79 Å². The van der Waals surface area contributed by atoms with E-state index in [9.17, 15) is 9.59 Å². The number of hydrogen-bond acceptors (Lipinski definition) is 3. The second-order valence-corrected chi connectivity index (χ2v) is 4.68. The molecule has 0 aliphatic heterocycles. The van der Waals surface area contributed by atoms with Crippen LogP contribution in [-0.4, -0.2) is 36.8 Å². The molecule has 3 N–H and O–H groups in total. The monoisotopic (exact) mass is 302 g/mol. The molecule has 0 fully saturated rings. The number of ether oxygens (including phenoxy) is 1. The maximum absolute atomic E-state index is 11.3. The zero-order valence-corrected chi connectivity index (χ0v) is 12.0. The molecule has 22 heavy (non-hydrogen) atoms. The van der Waals surface area contributed by atoms with Crippen molar-refractivity contribution in [1.29, 1.82) is 0 Å². The van der Waals surface area contributed by atoms with Gasteiger partial charge in [-0.2, -0.15) is 0 Å². The molecular formula is C16H18N2O4. The van der Waals surface area contributed by atoms with E-state index >= 15 is 0 Å². The van der Waals surface area contributed by atoms with Gasteiger partial charge in [-0.05, 0) is 22.9 Å². The van der Waals surface area contributed by atoms with Crippen LogP contribution in [0.4, 0.5) is 4.79 Å². The van der Waals surface area contributed by atoms with E-state index in [-0.39, 0.29) is 13.0 Å². The SMILES string of the molecule is O=C(O)CCNC(=O)NCCOc1ccc2ccccc2c1. The molecule has 0 spiro atoms. The highest BCUT2D eigenvalue weighted by Gasteiger charge is 2.02. The molecule has 0 aliphatic rings. The van der Waals surface area contributed by atoms with Gasteiger partial charge in [-0.3, -0.25) is 4.79 Å². The molecular weight excluding hydrogens is 284 g/mol. The van der Waals surface area contributed by atoms with Crippen LogP contribution in [0, 0.1) is 0 Å². The van der Waals surface area contributed by atoms with Gasteiger partial charge in [0.2, 0.25) is 0 Å². The highest BCUT2D eigenvalue weighted by Crippen LogP contribution is 2.20. The second-order valence-electron chi connectivity index (χ2n) is 4.68. The number of urea groups is 1. The first-order valence-corrected chi connectivity index (χ1v) is 7.00. The Morgan fingerprint density at radius 2 is 1.73 bits per heavy atom. The lowest BCUT2D eigenvalue weighted by molar-refractivity contribution is -0.136. The maximum atomic E-state index is 11.3. The largest absolute Gasteiger partial charge is 0.492 e. The van der Waals surface area contributed by atoms with Crippen molar-refractivity contribution in [3.05, 3.63) is 42.5 Å². The predicted molar refractivity (Wildman–Crippen MR) is 83.1 cm³/mol. The summed E-state index contributed by atoms with van der Waals surface area (Å²) in [7, 11) is 0. The van der Waals surface area contributed by atoms with Gasteiger partial charge in [0, 0.05) is 6.54 Å². The molecule has 2 amide bonds. The summed E-state index contributed by atoms with van der Waals surface area (Å²) in [5, 5.41) is 15.7. The number of carboxylic acids is 1. The number of rotatable bonds is 7. The Hall–Kier alpha value is -2.76. The van der Waals surface area contributed by atoms with Gasteiger partial charge >= 0.3 is 12.0 Å². The Labute approximate surface area is 128 Å². The lowest BCUT2D eigenvalue weighted by Gasteiger charge is -2.09. The summed E-state index contributed by atoms with van der Waals surface area (Å²) in [5.74, 6) is -0.202. The summed E-state index contributed by atoms with van der Waals surface area (Å²) in [4.78, 5) is 21.6. The Balaban J connectivity index is 1.69. The number of aliphatic carboxylic acids is 1. The second kappa shape index (κ2) is 7.87. The fraction of sp³-hybridized carbons (Fsp3) is 0.250. The highest BCUT2D eigenvalue weighted by atomic mass is 16.5. The van der Waals surface area contributed by atoms with E-state index in [0.29, 0.717) is 13.2 Å². The fourth-order valence-electron chi connectivity index (χ4n) is 1.94. The fourth-order valence-corrected chi connectivity index (χ4v) is 1.94. The number of carbonyl (C=O) groups is 2. The van der Waals surface area contributed by atoms with Gasteiger partial charge in [0.15, 0.2) is 0 Å². The topological polar surface area (TPSA) is 87.7 Å². The zero-order valence-electron chi connectivity index (χ0n) is 12.0. The lowest BCUT2D eigenvalue weighted by Crippen LogP contribution is -2.38. The van der Waals surface area contributed by atoms with E-state index < -0.39 is 12.0 Å². The van der Waals surface area contributed by atoms with Crippen molar-refractivity contribution in [2.45, 2.75) is 6.42 Å². The summed E-state index contributed by atoms with van der Waals surface area (Å²) >= 11 is 0. The molecule has 0 aliphatic carbocycles. The predicted octanol–water partition coefficient (Wildman–Crippen LogP) is 1.99. The van der Waals surface area contributed by atoms with Gasteiger partial charge in [0.25, 0.3) is 0 Å². The molecule has 2 rings (SSSR count). The number of fused-ring (bicyclic) bond motifs is 1. The van der Waals surface area contributed by atoms with E-state index in [1.165, 1.54) is 0 Å². The van der Waals surface area contributed by atoms with Crippen LogP contribution in [0.25, 0.3) is 10.8 Å². The Morgan fingerprint density at radius 1 is 1.00 bits per heavy atom. The summed E-state index contributed by atoms with van der Waals surface area (Å²) in [6.07, 6.45) is -0.0962. The summed E-state index contributed by atoms with van der Waals surface area (Å²) < 4.78 is 5.57. The number of benzene rings is 2. The van der Waals surface area contributed by atoms with Crippen LogP contribution < -0.4 is 15.4 Å². The van der Waals surface area contributed by atoms with Crippen molar-refractivity contribution in [2.24, 2.45) is 0 Å². The molecule has 2 aromatic carbocycles. The van der Waals surface area contributed by atoms with E-state index in [4.69, 9.17) is 9.84 Å². The normalized spacial score (nSPS) is 10.2. The molecule has 116 valence electrons. The Bertz CT molecular complexity index is 657. The average Bonchev–Trinajstić information content (AvgIpc) is 2.51. The summed E-state index contributed by atoms with van der Waals surface area (Å²) in [6, 6.07) is 13.4. The van der Waals surface area contributed by atoms with Crippen LogP contribution in [0.1, 0.15) is 6.42 Å². The van der Waals surface area contributed by atoms with E-state index in [0.717, 1.165) is 16.5 Å². The van der Waals surface area contributed by atoms with Crippen molar-refractivity contribution < 1.29 is 19.4 Å². The van der Waals surface area contributed by atoms with Crippen LogP contribution in [0.2, 0.25) is 0 Å². The van der Waals surface area contributed by atoms with Crippen molar-refractivity contribution in [3.63, 3.8) is 0 Å². The quantitative estimate of drug-likeness (QED) is 0.683. The minimum absolute atomic E-state index is 0.0962. The molecule has 0 unspecified atom stereocenters. The Kier molecular flexibility index (Phi) is 5.59. The van der Waals surface area contributed by atoms with Gasteiger partial charge in [-0.25, -0.2) is 4.79 Å². The molecule has 6 heteroatoms. The van der Waals surface area contributed by atoms with Gasteiger partial charge in [-0.1, -0.05) is 30.3 Å². The van der Waals surface area contributed by atoms with Gasteiger partial charge < -0.3 is 20.5 Å². The van der Waals surface area contributed by atoms with Gasteiger partial charge in [0.05, 0.1) is 13.0 Å². The highest BCUT2D eigenvalue weighted by molar-refractivity contribution is 5.83. The lowest BCUT2D eigenvalue weighted by atomic mass is 10.1. The number of amides is 2. The first kappa shape index (κ1) is 15.6. The molecule has 0 saturated heterocycles. The standard InChI is InChI=1S/C16H18N2O4/c19-15(20)7-8-17-16(21)18-9-10-22-14-6-5-12-3-1-2-4-13(12)11-14/h1-6,11H,7-10H2,(H,19,20)(H2,17,18,21). The van der Waals surface area contributed by atoms with E-state index in [1.54, 1.807) is 0 Å². The molecule has 6 nitrogen and oxygen atoms in total. The average molecular weight is 302 g/mol. The molecule has 0 atom stereocenters. The number of carboxylic acid groups (broad SMARTS) is 1. The summed E-state index contributed by atoms with van der Waals surface area (Å²) in [5.41, 5.74) is 0. The molecule has 0 radical (unpaired) electrons. The number of carbonyl (C=O) groups excluding carboxylic acids is 1. The molecule has 0 heterocycles. The van der Waals surface area contributed by atoms with Crippen LogP contribution in [0.15, 0.2) is 42.5 Å². The number of hydrogen-bond donors (Lipinski definition) is 3. The van der Waals surface area contributed by atoms with Crippen molar-refractivity contribution in [1.82, 2.24) is 10.6 Å². The van der Waals surface area contributed by atoms with Gasteiger partial charge in [0.1, 0.15) is 12.4 Å². The Morgan fingerprint density at radius 3 is 2.50 bits per heavy atom. The number of nitrogens with one attached hydrogen (secondary N) is 2. The van der Waals surface area contributed by atoms with Crippen molar-refractivity contribution >= 4 is 22.8 Å². The molecule has 0 bridgehead atoms. The molecule has 0 saturated carbocycles. The zero-order chi connectivity index (χ0) is 15.8. The van der Waals surface area contributed by atoms with Crippen molar-refractivity contribution in [3.8, 4) is 5.75 Å². The first-order chi connectivity index (χ1) is 10.6. The maximum Gasteiger partial charge on any atom is 0.314 e. The third-order valence-electron chi connectivity index (χ3n) is 3.00.